The van der Waals surface area contributed by atoms with Gasteiger partial charge in [-0.1, -0.05) is 47.0 Å². The molecule has 0 aromatic rings. The first kappa shape index (κ1) is 21.1. The minimum Gasteiger partial charge on any atom is -0.378 e. The van der Waals surface area contributed by atoms with Crippen LogP contribution in [0.5, 0.6) is 0 Å². The summed E-state index contributed by atoms with van der Waals surface area (Å²) in [7, 11) is 0.565. The topological polar surface area (TPSA) is 36.9 Å². The molecule has 0 saturated carbocycles. The van der Waals surface area contributed by atoms with Crippen molar-refractivity contribution < 1.29 is 18.6 Å². The van der Waals surface area contributed by atoms with E-state index in [4.69, 9.17) is 18.6 Å². The third kappa shape index (κ3) is 8.31. The smallest absolute Gasteiger partial charge is 0.300 e. The molecule has 0 rings (SSSR count). The molecule has 0 aromatic heterocycles. The van der Waals surface area contributed by atoms with Crippen LogP contribution < -0.4 is 0 Å². The minimum atomic E-state index is -1.00. The van der Waals surface area contributed by atoms with Crippen LogP contribution in [-0.4, -0.2) is 42.4 Å². The van der Waals surface area contributed by atoms with E-state index >= 15 is 0 Å². The number of unbranched alkanes of at least 4 members (excludes halogenated alkanes) is 3. The van der Waals surface area contributed by atoms with Crippen molar-refractivity contribution in [3.8, 4) is 0 Å². The van der Waals surface area contributed by atoms with E-state index in [1.54, 1.807) is 0 Å². The molecule has 0 N–H and O–H groups in total. The molecule has 0 fully saturated rings. The van der Waals surface area contributed by atoms with Gasteiger partial charge in [-0.3, -0.25) is 0 Å². The van der Waals surface area contributed by atoms with Crippen molar-refractivity contribution >= 4 is 10.5 Å². The van der Waals surface area contributed by atoms with Crippen molar-refractivity contribution in [2.24, 2.45) is 0 Å². The number of ether oxygens (including phenoxy) is 3. The van der Waals surface area contributed by atoms with Gasteiger partial charge in [0.15, 0.2) is 10.5 Å². The van der Waals surface area contributed by atoms with Crippen LogP contribution in [-0.2, 0) is 18.6 Å². The van der Waals surface area contributed by atoms with E-state index in [1.807, 2.05) is 0 Å². The van der Waals surface area contributed by atoms with Gasteiger partial charge in [0.25, 0.3) is 0 Å². The van der Waals surface area contributed by atoms with Crippen molar-refractivity contribution in [2.45, 2.75) is 84.7 Å². The molecule has 0 aliphatic heterocycles. The summed E-state index contributed by atoms with van der Waals surface area (Å²) in [5.41, 5.74) is 0. The Bertz CT molecular complexity index is 216. The number of hydrogen-bond donors (Lipinski definition) is 0. The van der Waals surface area contributed by atoms with Gasteiger partial charge in [0.1, 0.15) is 6.10 Å². The van der Waals surface area contributed by atoms with Crippen molar-refractivity contribution in [1.82, 2.24) is 0 Å². The summed E-state index contributed by atoms with van der Waals surface area (Å²) in [4.78, 5) is 0. The first-order valence-electron chi connectivity index (χ1n) is 8.65. The Morgan fingerprint density at radius 2 is 1.29 bits per heavy atom. The molecule has 0 spiro atoms. The molecule has 4 nitrogen and oxygen atoms in total. The van der Waals surface area contributed by atoms with Gasteiger partial charge in [-0.15, -0.1) is 0 Å². The highest BCUT2D eigenvalue weighted by Crippen LogP contribution is 2.26. The first-order valence-corrected chi connectivity index (χ1v) is 9.46. The lowest BCUT2D eigenvalue weighted by Crippen LogP contribution is -2.51. The van der Waals surface area contributed by atoms with Crippen LogP contribution in [0.15, 0.2) is 0 Å². The van der Waals surface area contributed by atoms with E-state index in [9.17, 15) is 0 Å². The van der Waals surface area contributed by atoms with E-state index in [2.05, 4.69) is 27.7 Å². The van der Waals surface area contributed by atoms with E-state index < -0.39 is 5.97 Å². The van der Waals surface area contributed by atoms with E-state index in [1.165, 1.54) is 0 Å². The predicted molar refractivity (Wildman–Crippen MR) is 90.4 cm³/mol. The maximum absolute atomic E-state index is 6.01. The molecule has 128 valence electrons. The van der Waals surface area contributed by atoms with Crippen LogP contribution in [0.4, 0.5) is 0 Å². The highest BCUT2D eigenvalue weighted by Gasteiger charge is 2.41. The standard InChI is InChI=1S/C16H36O4Si/c1-5-9-12-17-15(8-4)16(20-21,18-13-10-6-2)19-14-11-7-3/h15H,5-14H2,1-4,21H3. The van der Waals surface area contributed by atoms with Gasteiger partial charge in [-0.05, 0) is 25.7 Å². The summed E-state index contributed by atoms with van der Waals surface area (Å²) < 4.78 is 23.8. The molecular weight excluding hydrogens is 284 g/mol. The monoisotopic (exact) mass is 320 g/mol. The van der Waals surface area contributed by atoms with Gasteiger partial charge in [-0.2, -0.15) is 0 Å². The highest BCUT2D eigenvalue weighted by atomic mass is 28.2. The zero-order valence-electron chi connectivity index (χ0n) is 14.8. The first-order chi connectivity index (χ1) is 10.2. The molecule has 0 saturated heterocycles. The zero-order valence-corrected chi connectivity index (χ0v) is 16.8. The number of hydrogen-bond acceptors (Lipinski definition) is 4. The molecule has 0 aliphatic rings. The van der Waals surface area contributed by atoms with Crippen molar-refractivity contribution in [3.63, 3.8) is 0 Å². The van der Waals surface area contributed by atoms with Gasteiger partial charge in [-0.25, -0.2) is 0 Å². The van der Waals surface area contributed by atoms with Crippen LogP contribution in [0.1, 0.15) is 72.6 Å². The van der Waals surface area contributed by atoms with Crippen LogP contribution in [0, 0.1) is 0 Å². The van der Waals surface area contributed by atoms with Gasteiger partial charge in [0, 0.05) is 6.61 Å². The minimum absolute atomic E-state index is 0.157. The summed E-state index contributed by atoms with van der Waals surface area (Å²) in [5, 5.41) is 0. The number of rotatable bonds is 15. The fourth-order valence-electron chi connectivity index (χ4n) is 2.03. The van der Waals surface area contributed by atoms with E-state index in [0.717, 1.165) is 51.6 Å². The lowest BCUT2D eigenvalue weighted by molar-refractivity contribution is -0.386. The SMILES string of the molecule is CCCCOC(CC)C(O[SiH3])(OCCCC)OCCCC. The lowest BCUT2D eigenvalue weighted by atomic mass is 10.2. The predicted octanol–water partition coefficient (Wildman–Crippen LogP) is 3.17. The van der Waals surface area contributed by atoms with Crippen LogP contribution in [0.3, 0.4) is 0 Å². The van der Waals surface area contributed by atoms with Gasteiger partial charge in [0.05, 0.1) is 13.2 Å². The van der Waals surface area contributed by atoms with Crippen molar-refractivity contribution in [1.29, 1.82) is 0 Å². The molecule has 1 unspecified atom stereocenters. The maximum atomic E-state index is 6.01. The molecule has 0 amide bonds. The average molecular weight is 321 g/mol. The Balaban J connectivity index is 4.73. The van der Waals surface area contributed by atoms with E-state index in [-0.39, 0.29) is 6.10 Å². The molecule has 5 heteroatoms. The van der Waals surface area contributed by atoms with Gasteiger partial charge >= 0.3 is 5.97 Å². The largest absolute Gasteiger partial charge is 0.378 e. The third-order valence-corrected chi connectivity index (χ3v) is 4.04. The molecule has 0 aliphatic carbocycles. The summed E-state index contributed by atoms with van der Waals surface area (Å²) in [6, 6.07) is 0. The zero-order chi connectivity index (χ0) is 16.0. The Morgan fingerprint density at radius 1 is 0.810 bits per heavy atom. The van der Waals surface area contributed by atoms with E-state index in [0.29, 0.717) is 23.7 Å². The maximum Gasteiger partial charge on any atom is 0.300 e. The summed E-state index contributed by atoms with van der Waals surface area (Å²) in [6.07, 6.45) is 7.06. The Labute approximate surface area is 134 Å². The van der Waals surface area contributed by atoms with Crippen molar-refractivity contribution in [3.05, 3.63) is 0 Å². The summed E-state index contributed by atoms with van der Waals surface area (Å²) in [5.74, 6) is -1.00. The Morgan fingerprint density at radius 3 is 1.67 bits per heavy atom. The molecule has 21 heavy (non-hydrogen) atoms. The van der Waals surface area contributed by atoms with Crippen LogP contribution in [0.2, 0.25) is 0 Å². The summed E-state index contributed by atoms with van der Waals surface area (Å²) >= 11 is 0. The highest BCUT2D eigenvalue weighted by molar-refractivity contribution is 5.98. The fourth-order valence-corrected chi connectivity index (χ4v) is 2.53. The van der Waals surface area contributed by atoms with Crippen molar-refractivity contribution in [2.75, 3.05) is 19.8 Å². The molecule has 0 radical (unpaired) electrons. The van der Waals surface area contributed by atoms with Gasteiger partial charge < -0.3 is 18.6 Å². The second-order valence-electron chi connectivity index (χ2n) is 5.33. The molecule has 0 bridgehead atoms. The Hall–Kier alpha value is 0.0569. The van der Waals surface area contributed by atoms with Gasteiger partial charge in [0.2, 0.25) is 0 Å². The molecule has 0 heterocycles. The quantitative estimate of drug-likeness (QED) is 0.264. The fraction of sp³-hybridized carbons (Fsp3) is 1.00. The second-order valence-corrected chi connectivity index (χ2v) is 5.74. The lowest BCUT2D eigenvalue weighted by Gasteiger charge is -2.38. The Kier molecular flexibility index (Phi) is 13.7. The average Bonchev–Trinajstić information content (AvgIpc) is 2.51. The molecule has 0 aromatic carbocycles. The summed E-state index contributed by atoms with van der Waals surface area (Å²) in [6.45, 7) is 10.6. The second kappa shape index (κ2) is 13.7. The molecular formula is C16H36O4Si. The van der Waals surface area contributed by atoms with Crippen LogP contribution >= 0.6 is 0 Å². The third-order valence-electron chi connectivity index (χ3n) is 3.47. The normalized spacial score (nSPS) is 13.7. The van der Waals surface area contributed by atoms with Crippen LogP contribution in [0.25, 0.3) is 0 Å². The molecule has 1 atom stereocenters.